The highest BCUT2D eigenvalue weighted by molar-refractivity contribution is 9.10. The number of alkyl halides is 1. The maximum atomic E-state index is 5.98. The van der Waals surface area contributed by atoms with Crippen LogP contribution in [0.4, 0.5) is 0 Å². The molecule has 0 saturated heterocycles. The van der Waals surface area contributed by atoms with Crippen LogP contribution >= 0.6 is 27.5 Å². The summed E-state index contributed by atoms with van der Waals surface area (Å²) in [6, 6.07) is 7.86. The highest BCUT2D eigenvalue weighted by Crippen LogP contribution is 2.29. The second-order valence-electron chi connectivity index (χ2n) is 4.51. The number of aryl methyl sites for hydroxylation is 3. The van der Waals surface area contributed by atoms with Crippen LogP contribution in [0.3, 0.4) is 0 Å². The van der Waals surface area contributed by atoms with Crippen LogP contribution in [0.5, 0.6) is 11.6 Å². The lowest BCUT2D eigenvalue weighted by atomic mass is 10.1. The quantitative estimate of drug-likeness (QED) is 0.707. The maximum Gasteiger partial charge on any atom is 0.224 e. The van der Waals surface area contributed by atoms with E-state index in [-0.39, 0.29) is 0 Å². The molecule has 0 aliphatic heterocycles. The molecule has 0 aliphatic carbocycles. The SMILES string of the molecule is Cc1cc(C)c(CCl)c(Oc2ccc(Br)c(C)c2)n1. The Morgan fingerprint density at radius 1 is 1.16 bits per heavy atom. The summed E-state index contributed by atoms with van der Waals surface area (Å²) in [5.41, 5.74) is 4.09. The third-order valence-electron chi connectivity index (χ3n) is 2.92. The summed E-state index contributed by atoms with van der Waals surface area (Å²) < 4.78 is 6.94. The van der Waals surface area contributed by atoms with Gasteiger partial charge in [0, 0.05) is 15.7 Å². The molecule has 1 aromatic heterocycles. The first-order chi connectivity index (χ1) is 9.01. The van der Waals surface area contributed by atoms with Gasteiger partial charge in [0.05, 0.1) is 5.88 Å². The zero-order chi connectivity index (χ0) is 14.0. The van der Waals surface area contributed by atoms with Gasteiger partial charge in [0.15, 0.2) is 0 Å². The van der Waals surface area contributed by atoms with Gasteiger partial charge in [-0.25, -0.2) is 4.98 Å². The summed E-state index contributed by atoms with van der Waals surface area (Å²) >= 11 is 9.46. The third-order valence-corrected chi connectivity index (χ3v) is 4.07. The van der Waals surface area contributed by atoms with Crippen molar-refractivity contribution in [3.63, 3.8) is 0 Å². The molecule has 2 rings (SSSR count). The Morgan fingerprint density at radius 2 is 1.89 bits per heavy atom. The van der Waals surface area contributed by atoms with Gasteiger partial charge in [-0.2, -0.15) is 0 Å². The zero-order valence-electron chi connectivity index (χ0n) is 11.1. The number of ether oxygens (including phenoxy) is 1. The number of nitrogens with zero attached hydrogens (tertiary/aromatic N) is 1. The Labute approximate surface area is 126 Å². The van der Waals surface area contributed by atoms with Gasteiger partial charge in [0.2, 0.25) is 5.88 Å². The summed E-state index contributed by atoms with van der Waals surface area (Å²) in [5, 5.41) is 0. The van der Waals surface area contributed by atoms with Crippen LogP contribution in [0.2, 0.25) is 0 Å². The summed E-state index contributed by atoms with van der Waals surface area (Å²) in [6.07, 6.45) is 0. The van der Waals surface area contributed by atoms with Crippen LogP contribution in [0, 0.1) is 20.8 Å². The lowest BCUT2D eigenvalue weighted by Gasteiger charge is -2.12. The van der Waals surface area contributed by atoms with Gasteiger partial charge < -0.3 is 4.74 Å². The van der Waals surface area contributed by atoms with E-state index in [1.807, 2.05) is 45.0 Å². The average molecular weight is 341 g/mol. The van der Waals surface area contributed by atoms with Gasteiger partial charge in [-0.3, -0.25) is 0 Å². The predicted octanol–water partition coefficient (Wildman–Crippen LogP) is 5.30. The van der Waals surface area contributed by atoms with E-state index in [2.05, 4.69) is 20.9 Å². The Hall–Kier alpha value is -1.06. The van der Waals surface area contributed by atoms with Crippen molar-refractivity contribution in [1.82, 2.24) is 4.98 Å². The van der Waals surface area contributed by atoms with E-state index in [0.717, 1.165) is 32.6 Å². The van der Waals surface area contributed by atoms with Crippen LogP contribution in [-0.2, 0) is 5.88 Å². The molecule has 4 heteroatoms. The standard InChI is InChI=1S/C15H15BrClNO/c1-9-6-11(3)18-15(13(9)8-17)19-12-4-5-14(16)10(2)7-12/h4-7H,8H2,1-3H3. The highest BCUT2D eigenvalue weighted by atomic mass is 79.9. The maximum absolute atomic E-state index is 5.98. The minimum atomic E-state index is 0.393. The predicted molar refractivity (Wildman–Crippen MR) is 82.2 cm³/mol. The molecule has 2 aromatic rings. The molecule has 0 bridgehead atoms. The smallest absolute Gasteiger partial charge is 0.224 e. The summed E-state index contributed by atoms with van der Waals surface area (Å²) in [7, 11) is 0. The average Bonchev–Trinajstić information content (AvgIpc) is 2.33. The van der Waals surface area contributed by atoms with Crippen molar-refractivity contribution in [3.05, 3.63) is 51.1 Å². The molecule has 0 amide bonds. The van der Waals surface area contributed by atoms with Crippen LogP contribution in [0.1, 0.15) is 22.4 Å². The minimum Gasteiger partial charge on any atom is -0.439 e. The number of benzene rings is 1. The first-order valence-electron chi connectivity index (χ1n) is 5.98. The molecule has 0 aliphatic rings. The first kappa shape index (κ1) is 14.4. The number of hydrogen-bond acceptors (Lipinski definition) is 2. The molecule has 1 aromatic carbocycles. The van der Waals surface area contributed by atoms with Gasteiger partial charge in [-0.1, -0.05) is 15.9 Å². The second kappa shape index (κ2) is 5.93. The Kier molecular flexibility index (Phi) is 4.48. The van der Waals surface area contributed by atoms with Crippen LogP contribution < -0.4 is 4.74 Å². The third kappa shape index (κ3) is 3.28. The van der Waals surface area contributed by atoms with Gasteiger partial charge in [0.25, 0.3) is 0 Å². The lowest BCUT2D eigenvalue weighted by molar-refractivity contribution is 0.456. The van der Waals surface area contributed by atoms with Crippen LogP contribution in [0.15, 0.2) is 28.7 Å². The van der Waals surface area contributed by atoms with Crippen molar-refractivity contribution in [3.8, 4) is 11.6 Å². The fourth-order valence-corrected chi connectivity index (χ4v) is 2.44. The molecule has 0 fully saturated rings. The van der Waals surface area contributed by atoms with Crippen molar-refractivity contribution in [1.29, 1.82) is 0 Å². The number of hydrogen-bond donors (Lipinski definition) is 0. The van der Waals surface area contributed by atoms with Gasteiger partial charge >= 0.3 is 0 Å². The largest absolute Gasteiger partial charge is 0.439 e. The number of rotatable bonds is 3. The normalized spacial score (nSPS) is 10.6. The molecule has 0 spiro atoms. The molecule has 19 heavy (non-hydrogen) atoms. The number of halogens is 2. The Bertz CT molecular complexity index is 613. The van der Waals surface area contributed by atoms with E-state index in [4.69, 9.17) is 16.3 Å². The Morgan fingerprint density at radius 3 is 2.53 bits per heavy atom. The summed E-state index contributed by atoms with van der Waals surface area (Å²) in [6.45, 7) is 5.99. The summed E-state index contributed by atoms with van der Waals surface area (Å²) in [4.78, 5) is 4.43. The topological polar surface area (TPSA) is 22.1 Å². The number of pyridine rings is 1. The van der Waals surface area contributed by atoms with Crippen molar-refractivity contribution in [2.75, 3.05) is 0 Å². The van der Waals surface area contributed by atoms with Crippen molar-refractivity contribution in [2.24, 2.45) is 0 Å². The van der Waals surface area contributed by atoms with E-state index in [1.54, 1.807) is 0 Å². The monoisotopic (exact) mass is 339 g/mol. The molecule has 0 unspecified atom stereocenters. The lowest BCUT2D eigenvalue weighted by Crippen LogP contribution is -1.98. The van der Waals surface area contributed by atoms with Crippen molar-refractivity contribution in [2.45, 2.75) is 26.7 Å². The molecular formula is C15H15BrClNO. The highest BCUT2D eigenvalue weighted by Gasteiger charge is 2.10. The summed E-state index contributed by atoms with van der Waals surface area (Å²) in [5.74, 6) is 1.75. The molecule has 1 heterocycles. The van der Waals surface area contributed by atoms with Gasteiger partial charge in [0.1, 0.15) is 5.75 Å². The molecule has 0 N–H and O–H groups in total. The van der Waals surface area contributed by atoms with E-state index < -0.39 is 0 Å². The fraction of sp³-hybridized carbons (Fsp3) is 0.267. The second-order valence-corrected chi connectivity index (χ2v) is 5.63. The number of aromatic nitrogens is 1. The molecule has 100 valence electrons. The first-order valence-corrected chi connectivity index (χ1v) is 7.31. The molecule has 0 atom stereocenters. The van der Waals surface area contributed by atoms with E-state index >= 15 is 0 Å². The Balaban J connectivity index is 2.39. The van der Waals surface area contributed by atoms with Crippen molar-refractivity contribution < 1.29 is 4.74 Å². The van der Waals surface area contributed by atoms with Gasteiger partial charge in [-0.05, 0) is 56.2 Å². The molecule has 0 saturated carbocycles. The fourth-order valence-electron chi connectivity index (χ4n) is 1.87. The van der Waals surface area contributed by atoms with Crippen LogP contribution in [0.25, 0.3) is 0 Å². The van der Waals surface area contributed by atoms with Gasteiger partial charge in [-0.15, -0.1) is 11.6 Å². The van der Waals surface area contributed by atoms with Crippen molar-refractivity contribution >= 4 is 27.5 Å². The molecule has 0 radical (unpaired) electrons. The van der Waals surface area contributed by atoms with E-state index in [9.17, 15) is 0 Å². The van der Waals surface area contributed by atoms with E-state index in [0.29, 0.717) is 11.8 Å². The molecular weight excluding hydrogens is 326 g/mol. The van der Waals surface area contributed by atoms with Crippen LogP contribution in [-0.4, -0.2) is 4.98 Å². The van der Waals surface area contributed by atoms with E-state index in [1.165, 1.54) is 0 Å². The molecule has 2 nitrogen and oxygen atoms in total. The minimum absolute atomic E-state index is 0.393. The zero-order valence-corrected chi connectivity index (χ0v) is 13.5.